The number of ketones is 1. The summed E-state index contributed by atoms with van der Waals surface area (Å²) in [6.45, 7) is 4.82. The molecule has 180 valence electrons. The van der Waals surface area contributed by atoms with E-state index in [4.69, 9.17) is 9.72 Å². The highest BCUT2D eigenvalue weighted by Crippen LogP contribution is 2.44. The lowest BCUT2D eigenvalue weighted by Crippen LogP contribution is -2.29. The van der Waals surface area contributed by atoms with Crippen LogP contribution in [0.15, 0.2) is 66.4 Å². The van der Waals surface area contributed by atoms with Gasteiger partial charge in [0.15, 0.2) is 5.13 Å². The molecule has 0 saturated carbocycles. The average Bonchev–Trinajstić information content (AvgIpc) is 3.59. The number of thiazole rings is 1. The van der Waals surface area contributed by atoms with Gasteiger partial charge >= 0.3 is 5.91 Å². The van der Waals surface area contributed by atoms with Gasteiger partial charge in [0.25, 0.3) is 5.78 Å². The van der Waals surface area contributed by atoms with E-state index in [-0.39, 0.29) is 11.3 Å². The Hall–Kier alpha value is -4.04. The highest BCUT2D eigenvalue weighted by molar-refractivity contribution is 7.22. The van der Waals surface area contributed by atoms with E-state index in [9.17, 15) is 14.7 Å². The lowest BCUT2D eigenvalue weighted by atomic mass is 9.97. The lowest BCUT2D eigenvalue weighted by molar-refractivity contribution is -0.132. The Kier molecular flexibility index (Phi) is 5.34. The maximum absolute atomic E-state index is 13.4. The van der Waals surface area contributed by atoms with Crippen molar-refractivity contribution < 1.29 is 19.4 Å². The lowest BCUT2D eigenvalue weighted by Gasteiger charge is -2.22. The second-order valence-electron chi connectivity index (χ2n) is 9.22. The molecule has 0 bridgehead atoms. The fourth-order valence-electron chi connectivity index (χ4n) is 4.73. The van der Waals surface area contributed by atoms with Crippen molar-refractivity contribution in [2.24, 2.45) is 0 Å². The molecule has 2 aliphatic rings. The van der Waals surface area contributed by atoms with Crippen molar-refractivity contribution in [2.45, 2.75) is 32.2 Å². The zero-order valence-corrected chi connectivity index (χ0v) is 20.6. The van der Waals surface area contributed by atoms with Crippen molar-refractivity contribution in [3.05, 3.63) is 88.8 Å². The molecule has 36 heavy (non-hydrogen) atoms. The van der Waals surface area contributed by atoms with Gasteiger partial charge in [-0.25, -0.2) is 4.98 Å². The van der Waals surface area contributed by atoms with Gasteiger partial charge in [0, 0.05) is 18.2 Å². The molecule has 0 aliphatic carbocycles. The number of fused-ring (bicyclic) bond motifs is 2. The number of carbonyl (C=O) groups is 2. The number of aliphatic hydroxyl groups is 1. The Morgan fingerprint density at radius 2 is 2.00 bits per heavy atom. The minimum Gasteiger partial charge on any atom is -0.507 e. The number of rotatable bonds is 4. The van der Waals surface area contributed by atoms with Crippen LogP contribution < -0.4 is 9.64 Å². The molecule has 4 heterocycles. The molecule has 7 nitrogen and oxygen atoms in total. The number of pyridine rings is 1. The predicted molar refractivity (Wildman–Crippen MR) is 138 cm³/mol. The molecule has 1 saturated heterocycles. The normalized spacial score (nSPS) is 18.8. The quantitative estimate of drug-likeness (QED) is 0.231. The molecular weight excluding hydrogens is 474 g/mol. The third-order valence-electron chi connectivity index (χ3n) is 6.65. The van der Waals surface area contributed by atoms with E-state index in [0.717, 1.165) is 28.0 Å². The first-order valence-corrected chi connectivity index (χ1v) is 12.6. The third kappa shape index (κ3) is 3.56. The monoisotopic (exact) mass is 497 g/mol. The van der Waals surface area contributed by atoms with E-state index in [1.165, 1.54) is 21.8 Å². The first kappa shape index (κ1) is 22.4. The Labute approximate surface area is 211 Å². The van der Waals surface area contributed by atoms with E-state index in [1.54, 1.807) is 36.5 Å². The molecule has 1 N–H and O–H groups in total. The number of aliphatic hydroxyl groups excluding tert-OH is 1. The van der Waals surface area contributed by atoms with Crippen LogP contribution >= 0.6 is 11.3 Å². The van der Waals surface area contributed by atoms with Gasteiger partial charge in [-0.3, -0.25) is 19.5 Å². The van der Waals surface area contributed by atoms with Gasteiger partial charge in [0.2, 0.25) is 0 Å². The van der Waals surface area contributed by atoms with Gasteiger partial charge in [-0.15, -0.1) is 0 Å². The predicted octanol–water partition coefficient (Wildman–Crippen LogP) is 5.38. The maximum atomic E-state index is 13.4. The van der Waals surface area contributed by atoms with Crippen LogP contribution in [0.5, 0.6) is 5.75 Å². The topological polar surface area (TPSA) is 92.6 Å². The van der Waals surface area contributed by atoms with Crippen molar-refractivity contribution in [3.8, 4) is 5.75 Å². The van der Waals surface area contributed by atoms with E-state index in [2.05, 4.69) is 24.9 Å². The third-order valence-corrected chi connectivity index (χ3v) is 7.67. The summed E-state index contributed by atoms with van der Waals surface area (Å²) < 4.78 is 6.50. The summed E-state index contributed by atoms with van der Waals surface area (Å²) in [5, 5.41) is 11.8. The van der Waals surface area contributed by atoms with Crippen molar-refractivity contribution in [1.29, 1.82) is 0 Å². The van der Waals surface area contributed by atoms with E-state index >= 15 is 0 Å². The molecule has 6 rings (SSSR count). The van der Waals surface area contributed by atoms with Crippen LogP contribution in [-0.4, -0.2) is 33.4 Å². The molecule has 1 fully saturated rings. The number of aromatic nitrogens is 2. The zero-order chi connectivity index (χ0) is 25.0. The number of Topliss-reactive ketones (excluding diaryl/α,β-unsaturated/α-hetero) is 1. The van der Waals surface area contributed by atoms with Crippen molar-refractivity contribution in [3.63, 3.8) is 0 Å². The summed E-state index contributed by atoms with van der Waals surface area (Å²) in [4.78, 5) is 37.3. The van der Waals surface area contributed by atoms with Crippen LogP contribution in [0.3, 0.4) is 0 Å². The van der Waals surface area contributed by atoms with Gasteiger partial charge < -0.3 is 9.84 Å². The van der Waals surface area contributed by atoms with Crippen LogP contribution in [0.4, 0.5) is 5.13 Å². The molecule has 1 unspecified atom stereocenters. The van der Waals surface area contributed by atoms with Crippen LogP contribution in [0.25, 0.3) is 16.0 Å². The van der Waals surface area contributed by atoms with Crippen LogP contribution in [0.1, 0.15) is 48.2 Å². The zero-order valence-electron chi connectivity index (χ0n) is 19.8. The summed E-state index contributed by atoms with van der Waals surface area (Å²) in [5.41, 5.74) is 3.81. The largest absolute Gasteiger partial charge is 0.507 e. The minimum atomic E-state index is -0.902. The summed E-state index contributed by atoms with van der Waals surface area (Å²) in [6, 6.07) is 15.7. The molecule has 1 atom stereocenters. The van der Waals surface area contributed by atoms with E-state index < -0.39 is 17.7 Å². The van der Waals surface area contributed by atoms with Gasteiger partial charge in [-0.2, -0.15) is 0 Å². The molecule has 0 radical (unpaired) electrons. The van der Waals surface area contributed by atoms with Crippen molar-refractivity contribution in [2.75, 3.05) is 11.5 Å². The molecule has 2 aliphatic heterocycles. The number of hydrogen-bond donors (Lipinski definition) is 1. The fraction of sp³-hybridized carbons (Fsp3) is 0.214. The van der Waals surface area contributed by atoms with Gasteiger partial charge in [0.05, 0.1) is 28.1 Å². The first-order valence-electron chi connectivity index (χ1n) is 11.8. The molecule has 1 amide bonds. The molecule has 0 spiro atoms. The van der Waals surface area contributed by atoms with Gasteiger partial charge in [-0.1, -0.05) is 37.3 Å². The fourth-order valence-corrected chi connectivity index (χ4v) is 5.77. The van der Waals surface area contributed by atoms with E-state index in [1.807, 2.05) is 18.2 Å². The Balaban J connectivity index is 1.52. The van der Waals surface area contributed by atoms with Gasteiger partial charge in [-0.05, 0) is 59.5 Å². The smallest absolute Gasteiger partial charge is 0.301 e. The minimum absolute atomic E-state index is 0.000286. The van der Waals surface area contributed by atoms with Crippen molar-refractivity contribution >= 4 is 44.1 Å². The molecule has 2 aromatic carbocycles. The Bertz CT molecular complexity index is 1560. The summed E-state index contributed by atoms with van der Waals surface area (Å²) in [7, 11) is 0. The van der Waals surface area contributed by atoms with Gasteiger partial charge in [0.1, 0.15) is 17.6 Å². The number of benzene rings is 2. The molecule has 8 heteroatoms. The molecular formula is C28H23N3O4S. The summed E-state index contributed by atoms with van der Waals surface area (Å²) in [6.07, 6.45) is 2.33. The number of carbonyl (C=O) groups excluding carboxylic acids is 2. The highest BCUT2D eigenvalue weighted by atomic mass is 32.1. The second kappa shape index (κ2) is 8.57. The number of anilines is 1. The van der Waals surface area contributed by atoms with Crippen LogP contribution in [0.2, 0.25) is 0 Å². The highest BCUT2D eigenvalue weighted by Gasteiger charge is 2.48. The number of amides is 1. The molecule has 4 aromatic rings. The standard InChI is InChI=1S/C28H23N3O4S/c1-15(2)16-6-8-19-22(14-16)36-28(30-19)31-24(20-5-3-4-11-29-20)23(26(33)27(31)34)25(32)18-7-9-21-17(13-18)10-12-35-21/h3-9,11,13-15,24,32H,10,12H2,1-2H3/b25-23+. The average molecular weight is 498 g/mol. The summed E-state index contributed by atoms with van der Waals surface area (Å²) in [5.74, 6) is -0.616. The Morgan fingerprint density at radius 1 is 1.14 bits per heavy atom. The summed E-state index contributed by atoms with van der Waals surface area (Å²) >= 11 is 1.35. The van der Waals surface area contributed by atoms with E-state index in [0.29, 0.717) is 28.9 Å². The number of nitrogens with zero attached hydrogens (tertiary/aromatic N) is 3. The van der Waals surface area contributed by atoms with Crippen LogP contribution in [0, 0.1) is 0 Å². The number of ether oxygens (including phenoxy) is 1. The second-order valence-corrected chi connectivity index (χ2v) is 10.2. The Morgan fingerprint density at radius 3 is 2.78 bits per heavy atom. The van der Waals surface area contributed by atoms with Crippen molar-refractivity contribution in [1.82, 2.24) is 9.97 Å². The van der Waals surface area contributed by atoms with Crippen LogP contribution in [-0.2, 0) is 16.0 Å². The number of hydrogen-bond acceptors (Lipinski definition) is 7. The first-order chi connectivity index (χ1) is 17.4. The maximum Gasteiger partial charge on any atom is 0.301 e. The molecule has 2 aromatic heterocycles. The SMILES string of the molecule is CC(C)c1ccc2nc(N3C(=O)C(=O)/C(=C(/O)c4ccc5c(c4)CCO5)C3c3ccccn3)sc2c1.